The Hall–Kier alpha value is -10.3. The first-order valence-corrected chi connectivity index (χ1v) is 33.5. The van der Waals surface area contributed by atoms with Gasteiger partial charge in [-0.05, 0) is 132 Å². The van der Waals surface area contributed by atoms with Crippen molar-refractivity contribution in [1.82, 2.24) is 37.2 Å². The summed E-state index contributed by atoms with van der Waals surface area (Å²) in [4.78, 5) is 116. The third-order valence-corrected chi connectivity index (χ3v) is 19.0. The molecule has 7 aromatic rings. The van der Waals surface area contributed by atoms with Crippen LogP contribution >= 0.6 is 34.8 Å². The zero-order valence-electron chi connectivity index (χ0n) is 55.3. The predicted octanol–water partition coefficient (Wildman–Crippen LogP) is 6.17. The maximum Gasteiger partial charge on any atom is 0.330 e. The lowest BCUT2D eigenvalue weighted by atomic mass is 9.85. The van der Waals surface area contributed by atoms with Gasteiger partial charge in [-0.15, -0.1) is 0 Å². The van der Waals surface area contributed by atoms with Crippen LogP contribution in [-0.2, 0) is 49.6 Å². The number of carboxylic acids is 1. The Balaban J connectivity index is 1.11. The molecule has 18 N–H and O–H groups in total. The van der Waals surface area contributed by atoms with Gasteiger partial charge in [0.25, 0.3) is 0 Å². The van der Waals surface area contributed by atoms with Gasteiger partial charge in [0.05, 0.1) is 40.3 Å². The number of rotatable bonds is 13. The Morgan fingerprint density at radius 3 is 1.84 bits per heavy atom. The maximum absolute atomic E-state index is 16.0. The van der Waals surface area contributed by atoms with Crippen LogP contribution in [0.3, 0.4) is 0 Å². The molecule has 103 heavy (non-hydrogen) atoms. The second kappa shape index (κ2) is 30.4. The molecule has 0 aromatic heterocycles. The number of nitrogens with two attached hydrogens (primary N) is 2. The molecule has 0 saturated carbocycles. The molecular formula is C72H72Cl3N9O19. The van der Waals surface area contributed by atoms with Gasteiger partial charge in [-0.1, -0.05) is 103 Å². The van der Waals surface area contributed by atoms with E-state index in [4.69, 9.17) is 65.2 Å². The smallest absolute Gasteiger partial charge is 0.330 e. The molecule has 28 nitrogen and oxygen atoms in total. The van der Waals surface area contributed by atoms with Gasteiger partial charge in [0, 0.05) is 40.7 Å². The highest BCUT2D eigenvalue weighted by atomic mass is 35.5. The fourth-order valence-electron chi connectivity index (χ4n) is 12.7. The van der Waals surface area contributed by atoms with Crippen LogP contribution < -0.4 is 62.9 Å². The van der Waals surface area contributed by atoms with E-state index in [-0.39, 0.29) is 74.9 Å². The summed E-state index contributed by atoms with van der Waals surface area (Å²) in [6.07, 6.45) is -8.77. The summed E-state index contributed by atoms with van der Waals surface area (Å²) in [5.41, 5.74) is 11.1. The third kappa shape index (κ3) is 16.2. The quantitative estimate of drug-likeness (QED) is 0.0613. The van der Waals surface area contributed by atoms with Crippen LogP contribution in [0.25, 0.3) is 22.3 Å². The van der Waals surface area contributed by atoms with Gasteiger partial charge in [0.1, 0.15) is 71.2 Å². The lowest BCUT2D eigenvalue weighted by Gasteiger charge is -2.45. The molecule has 7 amide bonds. The number of nitrogens with one attached hydrogen (secondary N) is 7. The first-order chi connectivity index (χ1) is 48.8. The summed E-state index contributed by atoms with van der Waals surface area (Å²) < 4.78 is 26.7. The van der Waals surface area contributed by atoms with Crippen LogP contribution in [0.15, 0.2) is 127 Å². The second-order valence-corrected chi connectivity index (χ2v) is 27.4. The number of hydrogen-bond acceptors (Lipinski definition) is 20. The van der Waals surface area contributed by atoms with Gasteiger partial charge in [-0.3, -0.25) is 33.6 Å². The van der Waals surface area contributed by atoms with Gasteiger partial charge in [0.15, 0.2) is 17.5 Å². The first-order valence-electron chi connectivity index (χ1n) is 32.4. The van der Waals surface area contributed by atoms with Crippen molar-refractivity contribution in [2.45, 2.75) is 132 Å². The Morgan fingerprint density at radius 1 is 0.660 bits per heavy atom. The van der Waals surface area contributed by atoms with Crippen molar-refractivity contribution in [1.29, 1.82) is 0 Å². The zero-order chi connectivity index (χ0) is 74.2. The monoisotopic (exact) mass is 1470 g/mol. The minimum absolute atomic E-state index is 0.110. The van der Waals surface area contributed by atoms with E-state index >= 15 is 14.4 Å². The Kier molecular flexibility index (Phi) is 21.8. The maximum atomic E-state index is 16.0. The molecule has 1 saturated heterocycles. The number of aliphatic hydroxyl groups is 3. The number of aliphatic hydroxyl groups excluding tert-OH is 3. The number of phenolic OH excluding ortho intramolecular Hbond substituents is 3. The molecule has 6 aliphatic heterocycles. The number of primary amides is 1. The number of halogens is 3. The molecule has 13 atom stereocenters. The number of hydrogen-bond donors (Lipinski definition) is 16. The van der Waals surface area contributed by atoms with Gasteiger partial charge >= 0.3 is 5.97 Å². The average Bonchev–Trinajstić information content (AvgIpc) is 0.773. The topological polar surface area (TPSA) is 451 Å². The van der Waals surface area contributed by atoms with Crippen molar-refractivity contribution in [2.75, 3.05) is 0 Å². The second-order valence-electron chi connectivity index (χ2n) is 26.1. The Bertz CT molecular complexity index is 4510. The highest BCUT2D eigenvalue weighted by Crippen LogP contribution is 2.50. The van der Waals surface area contributed by atoms with Crippen LogP contribution in [0, 0.1) is 5.92 Å². The van der Waals surface area contributed by atoms with E-state index in [1.165, 1.54) is 42.5 Å². The summed E-state index contributed by atoms with van der Waals surface area (Å²) in [6.45, 7) is 7.16. The molecule has 2 unspecified atom stereocenters. The molecule has 0 aliphatic carbocycles. The highest BCUT2D eigenvalue weighted by molar-refractivity contribution is 6.32. The fourth-order valence-corrected chi connectivity index (χ4v) is 13.3. The average molecular weight is 1470 g/mol. The first kappa shape index (κ1) is 73.9. The largest absolute Gasteiger partial charge is 0.508 e. The van der Waals surface area contributed by atoms with E-state index in [0.29, 0.717) is 5.02 Å². The van der Waals surface area contributed by atoms with Crippen LogP contribution in [0.2, 0.25) is 15.1 Å². The lowest BCUT2D eigenvalue weighted by Crippen LogP contribution is -2.62. The summed E-state index contributed by atoms with van der Waals surface area (Å²) in [6, 6.07) is 15.4. The van der Waals surface area contributed by atoms with E-state index in [1.54, 1.807) is 39.8 Å². The zero-order valence-corrected chi connectivity index (χ0v) is 57.5. The van der Waals surface area contributed by atoms with E-state index in [1.807, 2.05) is 36.4 Å². The number of carboxylic acid groups (broad SMARTS) is 1. The number of carbonyl (C=O) groups is 8. The summed E-state index contributed by atoms with van der Waals surface area (Å²) in [5, 5.41) is 99.2. The van der Waals surface area contributed by atoms with Crippen LogP contribution in [0.5, 0.6) is 46.0 Å². The normalized spacial score (nSPS) is 24.5. The van der Waals surface area contributed by atoms with Crippen LogP contribution in [0.4, 0.5) is 0 Å². The number of aliphatic carboxylic acids is 1. The minimum Gasteiger partial charge on any atom is -0.508 e. The number of amides is 7. The lowest BCUT2D eigenvalue weighted by molar-refractivity contribution is -0.211. The van der Waals surface area contributed by atoms with Gasteiger partial charge in [-0.2, -0.15) is 0 Å². The number of carbonyl (C=O) groups excluding carboxylic acids is 7. The molecule has 6 aliphatic rings. The van der Waals surface area contributed by atoms with Crippen LogP contribution in [-0.4, -0.2) is 131 Å². The molecule has 11 bridgehead atoms. The van der Waals surface area contributed by atoms with E-state index in [0.717, 1.165) is 53.1 Å². The van der Waals surface area contributed by atoms with Gasteiger partial charge in [-0.25, -0.2) is 4.79 Å². The number of benzene rings is 7. The van der Waals surface area contributed by atoms with Crippen molar-refractivity contribution in [3.63, 3.8) is 0 Å². The van der Waals surface area contributed by atoms with Crippen molar-refractivity contribution >= 4 is 82.1 Å². The van der Waals surface area contributed by atoms with Crippen molar-refractivity contribution in [2.24, 2.45) is 17.4 Å². The van der Waals surface area contributed by atoms with Crippen molar-refractivity contribution in [3.05, 3.63) is 176 Å². The molecule has 13 rings (SSSR count). The predicted molar refractivity (Wildman–Crippen MR) is 371 cm³/mol. The SMILES string of the molecule is CC(C)C[C@H](N)C(=O)N[C@H]1C(=O)N[C@@H](CC(N)=O)C(=O)N[C@H]2C(=O)NC3C(=O)N[C@H](C(=O)N[C@H](C(=O)O)c4cc(O)cc(O)c4-c4cc3ccc4O)[C@H](O)c3ccc(c(Cl)c3)Oc3cc2cc(c3OC2C[C@](C)(NCc3ccc(-c4ccc(Cl)cc4)cc3)[C@H](O)[C@H](C)O2)Oc2ccc(cc2Cl)[C@H]1O. The van der Waals surface area contributed by atoms with Crippen molar-refractivity contribution in [3.8, 4) is 68.2 Å². The summed E-state index contributed by atoms with van der Waals surface area (Å²) in [5.74, 6) is -14.7. The number of fused-ring (bicyclic) bond motifs is 15. The standard InChI is InChI=1S/C72H72Cl3N9O19/c1-30(2)19-45(76)65(92)83-59-61(89)36-12-17-49(43(74)21-36)101-51-23-38-24-52(63(51)103-54-28-72(4,64(91)31(3)100-54)78-29-32-5-7-33(8-6-32)34-9-14-39(73)15-10-34)102-50-18-13-37(22-44(50)75)62(90)60-70(97)82-58(71(98)99)42-25-40(85)26-48(87)55(42)41-20-35(11-16-47(41)86)56(67(94)84-60)81-68(95)57(38)80-66(93)46(27-53(77)88)79-69(59)96/h5-18,20-26,30-31,45-46,54,56-62,64,78,85-87,89-91H,19,27-29,76H2,1-4H3,(H2,77,88)(H,79,96)(H,80,93)(H,81,95)(H,82,97)(H,83,92)(H,84,94)(H,98,99)/t31-,45-,46-,54?,56?,57+,58-,59+,60-,61+,62+,64+,72-/m0/s1. The van der Waals surface area contributed by atoms with Gasteiger partial charge in [0.2, 0.25) is 53.4 Å². The molecule has 7 aromatic carbocycles. The number of ether oxygens (including phenoxy) is 4. The fraction of sp³-hybridized carbons (Fsp3) is 0.306. The molecule has 6 heterocycles. The van der Waals surface area contributed by atoms with Crippen LogP contribution in [0.1, 0.15) is 111 Å². The Morgan fingerprint density at radius 2 is 1.24 bits per heavy atom. The van der Waals surface area contributed by atoms with E-state index < -0.39 is 178 Å². The van der Waals surface area contributed by atoms with E-state index in [2.05, 4.69) is 37.2 Å². The summed E-state index contributed by atoms with van der Waals surface area (Å²) >= 11 is 20.3. The summed E-state index contributed by atoms with van der Waals surface area (Å²) in [7, 11) is 0. The molecule has 540 valence electrons. The number of phenols is 3. The van der Waals surface area contributed by atoms with E-state index in [9.17, 15) is 59.7 Å². The molecule has 0 radical (unpaired) electrons. The number of aromatic hydroxyl groups is 3. The van der Waals surface area contributed by atoms with Gasteiger partial charge < -0.3 is 103 Å². The molecule has 31 heteroatoms. The molecule has 0 spiro atoms. The Labute approximate surface area is 602 Å². The molecule has 1 fully saturated rings. The minimum atomic E-state index is -2.24. The highest BCUT2D eigenvalue weighted by Gasteiger charge is 2.47. The third-order valence-electron chi connectivity index (χ3n) is 18.1. The van der Waals surface area contributed by atoms with Crippen molar-refractivity contribution < 1.29 is 93.0 Å². The molecular weight excluding hydrogens is 1400 g/mol.